The molecule has 0 aliphatic heterocycles. The van der Waals surface area contributed by atoms with Crippen LogP contribution in [-0.4, -0.2) is 31.6 Å². The normalized spacial score (nSPS) is 12.5. The maximum absolute atomic E-state index is 9.30. The number of ether oxygens (including phenoxy) is 1. The summed E-state index contributed by atoms with van der Waals surface area (Å²) in [5, 5.41) is 18.7. The molecule has 6 heteroatoms. The highest BCUT2D eigenvalue weighted by atomic mass is 28.4. The number of hydrogen-bond acceptors (Lipinski definition) is 4. The molecule has 4 nitrogen and oxygen atoms in total. The van der Waals surface area contributed by atoms with Gasteiger partial charge in [0.2, 0.25) is 0 Å². The molecule has 21 heavy (non-hydrogen) atoms. The van der Waals surface area contributed by atoms with E-state index in [1.54, 1.807) is 18.2 Å². The Labute approximate surface area is 129 Å². The average molecular weight is 310 g/mol. The van der Waals surface area contributed by atoms with E-state index in [1.807, 2.05) is 13.8 Å². The molecular formula is C15H27BO4Si. The van der Waals surface area contributed by atoms with E-state index >= 15 is 0 Å². The van der Waals surface area contributed by atoms with Crippen LogP contribution in [-0.2, 0) is 0 Å². The minimum absolute atomic E-state index is 0.0159. The molecule has 0 saturated heterocycles. The van der Waals surface area contributed by atoms with Crippen LogP contribution in [0.4, 0.5) is 0 Å². The predicted octanol–water partition coefficient (Wildman–Crippen LogP) is 2.54. The zero-order valence-electron chi connectivity index (χ0n) is 14.1. The highest BCUT2D eigenvalue weighted by molar-refractivity contribution is 6.74. The fraction of sp³-hybridized carbons (Fsp3) is 0.600. The summed E-state index contributed by atoms with van der Waals surface area (Å²) in [6, 6.07) is 5.04. The molecule has 0 fully saturated rings. The van der Waals surface area contributed by atoms with Crippen molar-refractivity contribution in [1.29, 1.82) is 0 Å². The van der Waals surface area contributed by atoms with Crippen LogP contribution in [0.5, 0.6) is 11.5 Å². The summed E-state index contributed by atoms with van der Waals surface area (Å²) in [7, 11) is -3.49. The van der Waals surface area contributed by atoms with Crippen LogP contribution in [0.25, 0.3) is 0 Å². The van der Waals surface area contributed by atoms with E-state index in [1.165, 1.54) is 0 Å². The molecule has 0 aliphatic carbocycles. The predicted molar refractivity (Wildman–Crippen MR) is 89.9 cm³/mol. The van der Waals surface area contributed by atoms with E-state index in [0.29, 0.717) is 17.0 Å². The molecule has 0 radical (unpaired) electrons. The van der Waals surface area contributed by atoms with Gasteiger partial charge < -0.3 is 19.2 Å². The van der Waals surface area contributed by atoms with E-state index in [9.17, 15) is 10.0 Å². The first-order chi connectivity index (χ1) is 9.44. The van der Waals surface area contributed by atoms with Crippen LogP contribution in [0.3, 0.4) is 0 Å². The highest BCUT2D eigenvalue weighted by Crippen LogP contribution is 2.39. The Morgan fingerprint density at radius 1 is 1.10 bits per heavy atom. The molecule has 118 valence electrons. The molecule has 1 rings (SSSR count). The van der Waals surface area contributed by atoms with Gasteiger partial charge in [-0.3, -0.25) is 0 Å². The van der Waals surface area contributed by atoms with Crippen molar-refractivity contribution < 1.29 is 19.2 Å². The number of hydrogen-bond donors (Lipinski definition) is 2. The SMILES string of the molecule is CC(C)Oc1cc(B(O)O)ccc1O[Si](C)(C)C(C)(C)C. The van der Waals surface area contributed by atoms with Crippen LogP contribution in [0.1, 0.15) is 34.6 Å². The van der Waals surface area contributed by atoms with Gasteiger partial charge in [0.05, 0.1) is 6.10 Å². The third-order valence-corrected chi connectivity index (χ3v) is 8.14. The van der Waals surface area contributed by atoms with Gasteiger partial charge in [-0.1, -0.05) is 26.8 Å². The standard InChI is InChI=1S/C15H27BO4Si/c1-11(2)19-14-10-12(16(17)18)8-9-13(14)20-21(6,7)15(3,4)5/h8-11,17-18H,1-7H3. The lowest BCUT2D eigenvalue weighted by Crippen LogP contribution is -2.44. The largest absolute Gasteiger partial charge is 0.541 e. The summed E-state index contributed by atoms with van der Waals surface area (Å²) in [6.45, 7) is 14.7. The Morgan fingerprint density at radius 2 is 1.67 bits per heavy atom. The summed E-state index contributed by atoms with van der Waals surface area (Å²) in [5.74, 6) is 1.22. The van der Waals surface area contributed by atoms with Gasteiger partial charge in [0, 0.05) is 0 Å². The molecule has 0 saturated carbocycles. The second-order valence-corrected chi connectivity index (χ2v) is 11.8. The van der Waals surface area contributed by atoms with Crippen molar-refractivity contribution in [3.05, 3.63) is 18.2 Å². The van der Waals surface area contributed by atoms with Crippen molar-refractivity contribution in [2.75, 3.05) is 0 Å². The molecule has 0 heterocycles. The van der Waals surface area contributed by atoms with Gasteiger partial charge in [-0.15, -0.1) is 0 Å². The fourth-order valence-corrected chi connectivity index (χ4v) is 2.57. The summed E-state index contributed by atoms with van der Waals surface area (Å²) >= 11 is 0. The lowest BCUT2D eigenvalue weighted by molar-refractivity contribution is 0.235. The first-order valence-electron chi connectivity index (χ1n) is 7.30. The lowest BCUT2D eigenvalue weighted by atomic mass is 9.80. The van der Waals surface area contributed by atoms with Gasteiger partial charge in [0.25, 0.3) is 8.32 Å². The van der Waals surface area contributed by atoms with Crippen LogP contribution >= 0.6 is 0 Å². The van der Waals surface area contributed by atoms with Crippen molar-refractivity contribution in [2.45, 2.75) is 58.9 Å². The van der Waals surface area contributed by atoms with Gasteiger partial charge in [0.1, 0.15) is 5.75 Å². The van der Waals surface area contributed by atoms with Gasteiger partial charge in [-0.2, -0.15) is 0 Å². The van der Waals surface area contributed by atoms with Crippen LogP contribution < -0.4 is 14.6 Å². The van der Waals surface area contributed by atoms with Crippen molar-refractivity contribution in [1.82, 2.24) is 0 Å². The Kier molecular flexibility index (Phi) is 5.52. The van der Waals surface area contributed by atoms with E-state index in [-0.39, 0.29) is 11.1 Å². The molecule has 1 aromatic rings. The van der Waals surface area contributed by atoms with Gasteiger partial charge in [-0.25, -0.2) is 0 Å². The summed E-state index contributed by atoms with van der Waals surface area (Å²) < 4.78 is 12.1. The third kappa shape index (κ3) is 4.76. The van der Waals surface area contributed by atoms with Crippen molar-refractivity contribution in [2.24, 2.45) is 0 Å². The second-order valence-electron chi connectivity index (χ2n) is 7.11. The maximum Gasteiger partial charge on any atom is 0.488 e. The number of rotatable bonds is 5. The monoisotopic (exact) mass is 310 g/mol. The maximum atomic E-state index is 9.30. The molecule has 0 bridgehead atoms. The van der Waals surface area contributed by atoms with Crippen molar-refractivity contribution in [3.63, 3.8) is 0 Å². The zero-order valence-corrected chi connectivity index (χ0v) is 15.1. The average Bonchev–Trinajstić information content (AvgIpc) is 2.28. The quantitative estimate of drug-likeness (QED) is 0.821. The molecule has 2 N–H and O–H groups in total. The fourth-order valence-electron chi connectivity index (χ4n) is 1.54. The van der Waals surface area contributed by atoms with E-state index in [0.717, 1.165) is 0 Å². The smallest absolute Gasteiger partial charge is 0.488 e. The van der Waals surface area contributed by atoms with Gasteiger partial charge in [-0.05, 0) is 49.6 Å². The van der Waals surface area contributed by atoms with Crippen LogP contribution in [0.2, 0.25) is 18.1 Å². The molecular weight excluding hydrogens is 283 g/mol. The van der Waals surface area contributed by atoms with Crippen LogP contribution in [0, 0.1) is 0 Å². The molecule has 0 spiro atoms. The first kappa shape index (κ1) is 18.1. The first-order valence-corrected chi connectivity index (χ1v) is 10.2. The number of benzene rings is 1. The Balaban J connectivity index is 3.17. The van der Waals surface area contributed by atoms with Gasteiger partial charge in [0.15, 0.2) is 5.75 Å². The lowest BCUT2D eigenvalue weighted by Gasteiger charge is -2.37. The topological polar surface area (TPSA) is 58.9 Å². The minimum Gasteiger partial charge on any atom is -0.541 e. The van der Waals surface area contributed by atoms with Crippen molar-refractivity contribution >= 4 is 20.9 Å². The Bertz CT molecular complexity index is 481. The van der Waals surface area contributed by atoms with Crippen LogP contribution in [0.15, 0.2) is 18.2 Å². The van der Waals surface area contributed by atoms with E-state index in [2.05, 4.69) is 33.9 Å². The molecule has 0 atom stereocenters. The summed E-state index contributed by atoms with van der Waals surface area (Å²) in [4.78, 5) is 0. The second kappa shape index (κ2) is 6.42. The Hall–Kier alpha value is -0.978. The van der Waals surface area contributed by atoms with E-state index < -0.39 is 15.4 Å². The molecule has 0 unspecified atom stereocenters. The third-order valence-electron chi connectivity index (χ3n) is 3.80. The summed E-state index contributed by atoms with van der Waals surface area (Å²) in [6.07, 6.45) is -0.0159. The minimum atomic E-state index is -1.98. The van der Waals surface area contributed by atoms with Crippen molar-refractivity contribution in [3.8, 4) is 11.5 Å². The molecule has 1 aromatic carbocycles. The Morgan fingerprint density at radius 3 is 2.10 bits per heavy atom. The zero-order chi connectivity index (χ0) is 16.4. The van der Waals surface area contributed by atoms with E-state index in [4.69, 9.17) is 9.16 Å². The molecule has 0 amide bonds. The molecule has 0 aliphatic rings. The highest BCUT2D eigenvalue weighted by Gasteiger charge is 2.39. The molecule has 0 aromatic heterocycles. The van der Waals surface area contributed by atoms with Gasteiger partial charge >= 0.3 is 7.12 Å². The summed E-state index contributed by atoms with van der Waals surface area (Å²) in [5.41, 5.74) is 0.397.